The SMILES string of the molecule is CCNC(CC)c1nnc(-c2cc(Br)ccc2I)o1. The van der Waals surface area contributed by atoms with Gasteiger partial charge in [0, 0.05) is 8.04 Å². The Labute approximate surface area is 134 Å². The van der Waals surface area contributed by atoms with Crippen LogP contribution < -0.4 is 5.32 Å². The van der Waals surface area contributed by atoms with Gasteiger partial charge in [-0.05, 0) is 53.8 Å². The molecule has 2 rings (SSSR count). The summed E-state index contributed by atoms with van der Waals surface area (Å²) in [5, 5.41) is 11.6. The van der Waals surface area contributed by atoms with Gasteiger partial charge in [-0.25, -0.2) is 0 Å². The van der Waals surface area contributed by atoms with E-state index in [9.17, 15) is 0 Å². The van der Waals surface area contributed by atoms with Gasteiger partial charge < -0.3 is 9.73 Å². The molecule has 1 unspecified atom stereocenters. The summed E-state index contributed by atoms with van der Waals surface area (Å²) in [5.74, 6) is 1.21. The van der Waals surface area contributed by atoms with Crippen molar-refractivity contribution in [1.82, 2.24) is 15.5 Å². The number of hydrogen-bond donors (Lipinski definition) is 1. The van der Waals surface area contributed by atoms with Crippen LogP contribution in [0.1, 0.15) is 32.2 Å². The van der Waals surface area contributed by atoms with Gasteiger partial charge in [0.2, 0.25) is 11.8 Å². The van der Waals surface area contributed by atoms with Gasteiger partial charge in [-0.3, -0.25) is 0 Å². The molecule has 1 atom stereocenters. The molecule has 1 aromatic carbocycles. The molecule has 102 valence electrons. The summed E-state index contributed by atoms with van der Waals surface area (Å²) in [6, 6.07) is 6.13. The average Bonchev–Trinajstić information content (AvgIpc) is 2.88. The van der Waals surface area contributed by atoms with Crippen LogP contribution in [0.15, 0.2) is 27.1 Å². The minimum Gasteiger partial charge on any atom is -0.419 e. The molecule has 0 saturated heterocycles. The lowest BCUT2D eigenvalue weighted by Crippen LogP contribution is -2.20. The van der Waals surface area contributed by atoms with E-state index in [4.69, 9.17) is 4.42 Å². The number of hydrogen-bond acceptors (Lipinski definition) is 4. The van der Waals surface area contributed by atoms with Crippen molar-refractivity contribution in [1.29, 1.82) is 0 Å². The summed E-state index contributed by atoms with van der Waals surface area (Å²) in [7, 11) is 0. The summed E-state index contributed by atoms with van der Waals surface area (Å²) < 4.78 is 7.89. The fraction of sp³-hybridized carbons (Fsp3) is 0.385. The molecule has 2 aromatic rings. The molecule has 0 radical (unpaired) electrons. The van der Waals surface area contributed by atoms with Crippen molar-refractivity contribution in [3.05, 3.63) is 32.1 Å². The standard InChI is InChI=1S/C13H15BrIN3O/c1-3-11(16-4-2)13-18-17-12(19-13)9-7-8(14)5-6-10(9)15/h5-7,11,16H,3-4H2,1-2H3. The average molecular weight is 436 g/mol. The molecular formula is C13H15BrIN3O. The number of nitrogens with one attached hydrogen (secondary N) is 1. The van der Waals surface area contributed by atoms with E-state index >= 15 is 0 Å². The van der Waals surface area contributed by atoms with Crippen LogP contribution in [0.5, 0.6) is 0 Å². The number of aromatic nitrogens is 2. The fourth-order valence-corrected chi connectivity index (χ4v) is 2.73. The maximum atomic E-state index is 5.80. The third-order valence-electron chi connectivity index (χ3n) is 2.76. The maximum absolute atomic E-state index is 5.80. The van der Waals surface area contributed by atoms with Crippen LogP contribution in [0.25, 0.3) is 11.5 Å². The van der Waals surface area contributed by atoms with E-state index in [1.165, 1.54) is 0 Å². The summed E-state index contributed by atoms with van der Waals surface area (Å²) in [6.45, 7) is 5.04. The first-order chi connectivity index (χ1) is 9.15. The van der Waals surface area contributed by atoms with Gasteiger partial charge in [0.05, 0.1) is 11.6 Å². The van der Waals surface area contributed by atoms with E-state index in [1.807, 2.05) is 18.2 Å². The van der Waals surface area contributed by atoms with Gasteiger partial charge in [0.15, 0.2) is 0 Å². The molecule has 0 bridgehead atoms. The largest absolute Gasteiger partial charge is 0.419 e. The molecule has 0 saturated carbocycles. The van der Waals surface area contributed by atoms with Crippen molar-refractivity contribution in [3.8, 4) is 11.5 Å². The quantitative estimate of drug-likeness (QED) is 0.716. The van der Waals surface area contributed by atoms with Crippen LogP contribution in [-0.4, -0.2) is 16.7 Å². The zero-order chi connectivity index (χ0) is 13.8. The monoisotopic (exact) mass is 435 g/mol. The predicted octanol–water partition coefficient (Wildman–Crippen LogP) is 4.16. The Bertz CT molecular complexity index is 559. The van der Waals surface area contributed by atoms with Crippen LogP contribution >= 0.6 is 38.5 Å². The van der Waals surface area contributed by atoms with E-state index in [1.54, 1.807) is 0 Å². The summed E-state index contributed by atoms with van der Waals surface area (Å²) in [4.78, 5) is 0. The number of rotatable bonds is 5. The Morgan fingerprint density at radius 2 is 2.16 bits per heavy atom. The van der Waals surface area contributed by atoms with Crippen molar-refractivity contribution in [2.45, 2.75) is 26.3 Å². The third kappa shape index (κ3) is 3.55. The van der Waals surface area contributed by atoms with Gasteiger partial charge in [0.1, 0.15) is 0 Å². The highest BCUT2D eigenvalue weighted by Crippen LogP contribution is 2.28. The summed E-state index contributed by atoms with van der Waals surface area (Å²) in [5.41, 5.74) is 0.958. The van der Waals surface area contributed by atoms with Crippen LogP contribution in [-0.2, 0) is 0 Å². The molecule has 1 N–H and O–H groups in total. The highest BCUT2D eigenvalue weighted by Gasteiger charge is 2.17. The molecular weight excluding hydrogens is 421 g/mol. The molecule has 0 amide bonds. The van der Waals surface area contributed by atoms with Crippen LogP contribution in [0.2, 0.25) is 0 Å². The molecule has 1 heterocycles. The molecule has 19 heavy (non-hydrogen) atoms. The first-order valence-corrected chi connectivity index (χ1v) is 8.05. The van der Waals surface area contributed by atoms with E-state index in [0.717, 1.165) is 26.6 Å². The van der Waals surface area contributed by atoms with E-state index in [0.29, 0.717) is 11.8 Å². The van der Waals surface area contributed by atoms with Crippen LogP contribution in [0.3, 0.4) is 0 Å². The number of nitrogens with zero attached hydrogens (tertiary/aromatic N) is 2. The fourth-order valence-electron chi connectivity index (χ4n) is 1.80. The third-order valence-corrected chi connectivity index (χ3v) is 4.19. The molecule has 0 fully saturated rings. The highest BCUT2D eigenvalue weighted by molar-refractivity contribution is 14.1. The molecule has 0 aliphatic heterocycles. The van der Waals surface area contributed by atoms with Crippen LogP contribution in [0.4, 0.5) is 0 Å². The Morgan fingerprint density at radius 3 is 2.84 bits per heavy atom. The van der Waals surface area contributed by atoms with E-state index in [-0.39, 0.29) is 6.04 Å². The lowest BCUT2D eigenvalue weighted by atomic mass is 10.2. The number of benzene rings is 1. The molecule has 6 heteroatoms. The normalized spacial score (nSPS) is 12.6. The Morgan fingerprint density at radius 1 is 1.37 bits per heavy atom. The first-order valence-electron chi connectivity index (χ1n) is 6.17. The molecule has 0 aliphatic rings. The molecule has 1 aromatic heterocycles. The lowest BCUT2D eigenvalue weighted by Gasteiger charge is -2.10. The van der Waals surface area contributed by atoms with Gasteiger partial charge in [-0.2, -0.15) is 0 Å². The zero-order valence-corrected chi connectivity index (χ0v) is 14.5. The highest BCUT2D eigenvalue weighted by atomic mass is 127. The van der Waals surface area contributed by atoms with Crippen molar-refractivity contribution < 1.29 is 4.42 Å². The first kappa shape index (κ1) is 14.9. The minimum atomic E-state index is 0.121. The van der Waals surface area contributed by atoms with Gasteiger partial charge in [-0.15, -0.1) is 10.2 Å². The van der Waals surface area contributed by atoms with Gasteiger partial charge in [0.25, 0.3) is 0 Å². The second-order valence-corrected chi connectivity index (χ2v) is 6.17. The molecule has 0 aliphatic carbocycles. The molecule has 4 nitrogen and oxygen atoms in total. The summed E-state index contributed by atoms with van der Waals surface area (Å²) in [6.07, 6.45) is 0.922. The van der Waals surface area contributed by atoms with E-state index in [2.05, 4.69) is 67.9 Å². The Kier molecular flexibility index (Phi) is 5.35. The van der Waals surface area contributed by atoms with Gasteiger partial charge >= 0.3 is 0 Å². The minimum absolute atomic E-state index is 0.121. The Balaban J connectivity index is 2.32. The number of halogens is 2. The second-order valence-electron chi connectivity index (χ2n) is 4.09. The van der Waals surface area contributed by atoms with Crippen molar-refractivity contribution in [2.24, 2.45) is 0 Å². The topological polar surface area (TPSA) is 51.0 Å². The molecule has 0 spiro atoms. The van der Waals surface area contributed by atoms with E-state index < -0.39 is 0 Å². The van der Waals surface area contributed by atoms with Crippen molar-refractivity contribution in [3.63, 3.8) is 0 Å². The van der Waals surface area contributed by atoms with Crippen molar-refractivity contribution >= 4 is 38.5 Å². The zero-order valence-electron chi connectivity index (χ0n) is 10.8. The maximum Gasteiger partial charge on any atom is 0.248 e. The van der Waals surface area contributed by atoms with Crippen LogP contribution in [0, 0.1) is 3.57 Å². The lowest BCUT2D eigenvalue weighted by molar-refractivity contribution is 0.402. The Hall–Kier alpha value is -0.470. The smallest absolute Gasteiger partial charge is 0.248 e. The second kappa shape index (κ2) is 6.81. The van der Waals surface area contributed by atoms with Crippen molar-refractivity contribution in [2.75, 3.05) is 6.54 Å². The predicted molar refractivity (Wildman–Crippen MR) is 86.9 cm³/mol. The van der Waals surface area contributed by atoms with Gasteiger partial charge in [-0.1, -0.05) is 29.8 Å². The summed E-state index contributed by atoms with van der Waals surface area (Å²) >= 11 is 5.73.